The topological polar surface area (TPSA) is 78.8 Å². The molecule has 0 radical (unpaired) electrons. The van der Waals surface area contributed by atoms with Crippen LogP contribution in [0, 0.1) is 29.6 Å². The highest BCUT2D eigenvalue weighted by molar-refractivity contribution is 6.32. The maximum atomic E-state index is 13.1. The lowest BCUT2D eigenvalue weighted by Gasteiger charge is -2.46. The third-order valence-corrected chi connectivity index (χ3v) is 8.10. The molecule has 1 saturated carbocycles. The third-order valence-electron chi connectivity index (χ3n) is 7.80. The Bertz CT molecular complexity index is 779. The van der Waals surface area contributed by atoms with Crippen LogP contribution in [0.2, 0.25) is 5.02 Å². The molecule has 1 saturated heterocycles. The Morgan fingerprint density at radius 1 is 1.23 bits per heavy atom. The van der Waals surface area contributed by atoms with Gasteiger partial charge >= 0.3 is 5.97 Å². The number of hydrogen-bond acceptors (Lipinski definition) is 4. The molecule has 0 aromatic heterocycles. The predicted octanol–water partition coefficient (Wildman–Crippen LogP) is 4.88. The van der Waals surface area contributed by atoms with Gasteiger partial charge in [0.1, 0.15) is 5.75 Å². The van der Waals surface area contributed by atoms with Gasteiger partial charge in [0.2, 0.25) is 0 Å². The number of carboxylic acid groups (broad SMARTS) is 1. The summed E-state index contributed by atoms with van der Waals surface area (Å²) in [5.74, 6) is 1.10. The van der Waals surface area contributed by atoms with Crippen LogP contribution in [0.3, 0.4) is 0 Å². The van der Waals surface area contributed by atoms with Crippen molar-refractivity contribution in [2.24, 2.45) is 29.6 Å². The van der Waals surface area contributed by atoms with E-state index >= 15 is 0 Å². The predicted molar refractivity (Wildman–Crippen MR) is 119 cm³/mol. The number of ether oxygens (including phenoxy) is 2. The monoisotopic (exact) mass is 451 g/mol. The first-order valence-corrected chi connectivity index (χ1v) is 11.9. The minimum absolute atomic E-state index is 0.178. The zero-order chi connectivity index (χ0) is 22.9. The Morgan fingerprint density at radius 2 is 1.94 bits per heavy atom. The quantitative estimate of drug-likeness (QED) is 0.623. The first-order valence-electron chi connectivity index (χ1n) is 11.5. The molecule has 1 N–H and O–H groups in total. The highest BCUT2D eigenvalue weighted by Crippen LogP contribution is 2.46. The van der Waals surface area contributed by atoms with E-state index < -0.39 is 17.7 Å². The molecular weight excluding hydrogens is 416 g/mol. The van der Waals surface area contributed by atoms with E-state index in [1.165, 1.54) is 0 Å². The van der Waals surface area contributed by atoms with Crippen LogP contribution in [-0.4, -0.2) is 30.1 Å². The van der Waals surface area contributed by atoms with Gasteiger partial charge in [-0.05, 0) is 87.3 Å². The van der Waals surface area contributed by atoms with Gasteiger partial charge in [0.15, 0.2) is 0 Å². The van der Waals surface area contributed by atoms with Gasteiger partial charge in [0.25, 0.3) is 0 Å². The van der Waals surface area contributed by atoms with Crippen LogP contribution in [0.5, 0.6) is 5.75 Å². The lowest BCUT2D eigenvalue weighted by molar-refractivity contribution is -0.489. The number of hydrogen-bond donors (Lipinski definition) is 1. The summed E-state index contributed by atoms with van der Waals surface area (Å²) in [6.45, 7) is 10.4. The van der Waals surface area contributed by atoms with E-state index in [0.29, 0.717) is 29.1 Å². The molecule has 5 nitrogen and oxygen atoms in total. The van der Waals surface area contributed by atoms with Crippen molar-refractivity contribution >= 4 is 17.6 Å². The van der Waals surface area contributed by atoms with Crippen molar-refractivity contribution in [3.05, 3.63) is 28.8 Å². The van der Waals surface area contributed by atoms with Gasteiger partial charge < -0.3 is 19.7 Å². The van der Waals surface area contributed by atoms with Crippen molar-refractivity contribution < 1.29 is 24.5 Å². The second kappa shape index (κ2) is 9.68. The normalized spacial score (nSPS) is 31.3. The fourth-order valence-electron chi connectivity index (χ4n) is 5.35. The number of carbonyl (C=O) groups is 1. The maximum absolute atomic E-state index is 13.1. The Labute approximate surface area is 191 Å². The van der Waals surface area contributed by atoms with E-state index in [0.717, 1.165) is 32.3 Å². The number of halogens is 1. The van der Waals surface area contributed by atoms with Gasteiger partial charge in [0.05, 0.1) is 23.1 Å². The Morgan fingerprint density at radius 3 is 2.58 bits per heavy atom. The largest absolute Gasteiger partial charge is 0.821 e. The standard InChI is InChI=1S/C25H36ClO5/c1-14-6-9-19(20-13-30-15(2)7-10-18(14)20)16(3)23(27)31-22-11-8-17(12-21(22)26)25(4,5)24(28)29/h8,11-12,14-16,18-20,23H,6-7,9-10,13H2,1-5H3,(H,28,29)/q-1/t14-,15?,16-,18+,19+,20?,23-/m1/s1. The van der Waals surface area contributed by atoms with Gasteiger partial charge in [-0.1, -0.05) is 37.9 Å². The van der Waals surface area contributed by atoms with Gasteiger partial charge in [-0.3, -0.25) is 4.79 Å². The van der Waals surface area contributed by atoms with Gasteiger partial charge in [-0.2, -0.15) is 0 Å². The van der Waals surface area contributed by atoms with Crippen molar-refractivity contribution in [1.29, 1.82) is 0 Å². The van der Waals surface area contributed by atoms with E-state index in [9.17, 15) is 15.0 Å². The molecule has 0 amide bonds. The summed E-state index contributed by atoms with van der Waals surface area (Å²) < 4.78 is 11.8. The van der Waals surface area contributed by atoms with Crippen LogP contribution >= 0.6 is 11.6 Å². The van der Waals surface area contributed by atoms with Crippen molar-refractivity contribution in [3.63, 3.8) is 0 Å². The number of fused-ring (bicyclic) bond motifs is 1. The fourth-order valence-corrected chi connectivity index (χ4v) is 5.58. The molecule has 7 atom stereocenters. The van der Waals surface area contributed by atoms with Crippen LogP contribution in [-0.2, 0) is 14.9 Å². The summed E-state index contributed by atoms with van der Waals surface area (Å²) in [6, 6.07) is 4.87. The van der Waals surface area contributed by atoms with E-state index in [1.807, 2.05) is 6.92 Å². The Hall–Kier alpha value is -1.30. The summed E-state index contributed by atoms with van der Waals surface area (Å²) >= 11 is 6.37. The summed E-state index contributed by atoms with van der Waals surface area (Å²) in [7, 11) is 0. The summed E-state index contributed by atoms with van der Waals surface area (Å²) in [4.78, 5) is 11.5. The SMILES string of the molecule is CC1CC[C@@H]2C(CO1)[C@H]([C@@H](C)[C@H]([O-])Oc1ccc(C(C)(C)C(=O)O)cc1Cl)CC[C@H]2C. The first-order chi connectivity index (χ1) is 14.5. The van der Waals surface area contributed by atoms with Crippen LogP contribution < -0.4 is 9.84 Å². The Balaban J connectivity index is 1.72. The molecule has 1 aromatic carbocycles. The second-order valence-corrected chi connectivity index (χ2v) is 10.6. The van der Waals surface area contributed by atoms with Crippen molar-refractivity contribution in [1.82, 2.24) is 0 Å². The number of carboxylic acids is 1. The van der Waals surface area contributed by atoms with E-state index in [1.54, 1.807) is 32.0 Å². The molecule has 1 heterocycles. The van der Waals surface area contributed by atoms with E-state index in [-0.39, 0.29) is 23.0 Å². The molecular formula is C25H36ClO5-. The molecule has 1 aliphatic heterocycles. The average molecular weight is 452 g/mol. The first kappa shape index (κ1) is 24.3. The zero-order valence-electron chi connectivity index (χ0n) is 19.3. The number of benzene rings is 1. The molecule has 1 aromatic rings. The number of rotatable bonds is 6. The highest BCUT2D eigenvalue weighted by atomic mass is 35.5. The smallest absolute Gasteiger partial charge is 0.313 e. The van der Waals surface area contributed by atoms with Crippen molar-refractivity contribution in [2.45, 2.75) is 78.1 Å². The molecule has 31 heavy (non-hydrogen) atoms. The molecule has 2 aliphatic rings. The second-order valence-electron chi connectivity index (χ2n) is 10.2. The van der Waals surface area contributed by atoms with E-state index in [2.05, 4.69) is 13.8 Å². The molecule has 6 heteroatoms. The lowest BCUT2D eigenvalue weighted by atomic mass is 9.62. The van der Waals surface area contributed by atoms with Gasteiger partial charge in [-0.15, -0.1) is 0 Å². The molecule has 1 aliphatic carbocycles. The molecule has 3 rings (SSSR count). The van der Waals surface area contributed by atoms with Crippen LogP contribution in [0.25, 0.3) is 0 Å². The Kier molecular flexibility index (Phi) is 7.60. The lowest BCUT2D eigenvalue weighted by Crippen LogP contribution is -2.47. The molecule has 2 fully saturated rings. The molecule has 174 valence electrons. The van der Waals surface area contributed by atoms with Crippen LogP contribution in [0.1, 0.15) is 65.9 Å². The third kappa shape index (κ3) is 5.20. The van der Waals surface area contributed by atoms with Gasteiger partial charge in [0, 0.05) is 6.29 Å². The minimum atomic E-state index is -1.24. The van der Waals surface area contributed by atoms with Crippen LogP contribution in [0.4, 0.5) is 0 Å². The van der Waals surface area contributed by atoms with Crippen molar-refractivity contribution in [3.8, 4) is 5.75 Å². The summed E-state index contributed by atoms with van der Waals surface area (Å²) in [5.41, 5.74) is -0.502. The molecule has 0 bridgehead atoms. The minimum Gasteiger partial charge on any atom is -0.821 e. The van der Waals surface area contributed by atoms with Crippen molar-refractivity contribution in [2.75, 3.05) is 6.61 Å². The van der Waals surface area contributed by atoms with Gasteiger partial charge in [-0.25, -0.2) is 0 Å². The molecule has 0 spiro atoms. The zero-order valence-corrected chi connectivity index (χ0v) is 20.0. The summed E-state index contributed by atoms with van der Waals surface area (Å²) in [5, 5.41) is 22.8. The average Bonchev–Trinajstić information content (AvgIpc) is 2.91. The maximum Gasteiger partial charge on any atom is 0.313 e. The van der Waals surface area contributed by atoms with Crippen LogP contribution in [0.15, 0.2) is 18.2 Å². The number of aliphatic carboxylic acids is 1. The van der Waals surface area contributed by atoms with E-state index in [4.69, 9.17) is 21.1 Å². The summed E-state index contributed by atoms with van der Waals surface area (Å²) in [6.07, 6.45) is 3.43. The highest BCUT2D eigenvalue weighted by Gasteiger charge is 2.42. The fraction of sp³-hybridized carbons (Fsp3) is 0.720. The molecule has 2 unspecified atom stereocenters.